The Hall–Kier alpha value is -3.60. The van der Waals surface area contributed by atoms with E-state index in [1.165, 1.54) is 0 Å². The van der Waals surface area contributed by atoms with Gasteiger partial charge in [-0.2, -0.15) is 0 Å². The number of ether oxygens (including phenoxy) is 1. The summed E-state index contributed by atoms with van der Waals surface area (Å²) in [5, 5.41) is 2.73. The molecule has 0 bridgehead atoms. The summed E-state index contributed by atoms with van der Waals surface area (Å²) >= 11 is 0. The Morgan fingerprint density at radius 1 is 0.879 bits per heavy atom. The van der Waals surface area contributed by atoms with Crippen LogP contribution in [0.2, 0.25) is 0 Å². The van der Waals surface area contributed by atoms with Crippen molar-refractivity contribution in [1.29, 1.82) is 0 Å². The highest BCUT2D eigenvalue weighted by Gasteiger charge is 2.30. The van der Waals surface area contributed by atoms with Crippen molar-refractivity contribution in [2.24, 2.45) is 0 Å². The lowest BCUT2D eigenvalue weighted by atomic mass is 10.0. The molecule has 0 spiro atoms. The van der Waals surface area contributed by atoms with Gasteiger partial charge in [-0.3, -0.25) is 9.59 Å². The van der Waals surface area contributed by atoms with E-state index in [2.05, 4.69) is 5.32 Å². The van der Waals surface area contributed by atoms with Crippen molar-refractivity contribution in [2.75, 3.05) is 13.7 Å². The van der Waals surface area contributed by atoms with Crippen molar-refractivity contribution < 1.29 is 14.3 Å². The first-order valence-corrected chi connectivity index (χ1v) is 11.2. The van der Waals surface area contributed by atoms with Crippen LogP contribution in [0.3, 0.4) is 0 Å². The van der Waals surface area contributed by atoms with Crippen LogP contribution in [0.4, 0.5) is 0 Å². The lowest BCUT2D eigenvalue weighted by Gasteiger charge is -2.31. The normalized spacial score (nSPS) is 11.5. The van der Waals surface area contributed by atoms with Crippen LogP contribution in [0, 0.1) is 20.8 Å². The van der Waals surface area contributed by atoms with E-state index in [1.807, 2.05) is 93.6 Å². The van der Waals surface area contributed by atoms with Crippen molar-refractivity contribution in [3.8, 4) is 5.75 Å². The Labute approximate surface area is 196 Å². The molecule has 1 atom stereocenters. The number of rotatable bonds is 9. The molecule has 33 heavy (non-hydrogen) atoms. The molecular formula is C28H32N2O3. The molecule has 5 nitrogen and oxygen atoms in total. The smallest absolute Gasteiger partial charge is 0.261 e. The standard InChI is InChI=1S/C28H32N2O3/c1-20-10-13-24(14-11-20)18-30(25(28(32)29-4)17-23-8-6-5-7-9-23)27(31)19-33-26-15-12-21(2)16-22(26)3/h5-16,25H,17-19H2,1-4H3,(H,29,32)/t25-/m0/s1. The Balaban J connectivity index is 1.87. The first-order valence-electron chi connectivity index (χ1n) is 11.2. The highest BCUT2D eigenvalue weighted by molar-refractivity contribution is 5.88. The molecule has 0 aliphatic heterocycles. The number of nitrogens with one attached hydrogen (secondary N) is 1. The summed E-state index contributed by atoms with van der Waals surface area (Å²) in [6.07, 6.45) is 0.418. The molecule has 0 aromatic heterocycles. The molecular weight excluding hydrogens is 412 g/mol. The number of hydrogen-bond donors (Lipinski definition) is 1. The maximum atomic E-state index is 13.4. The highest BCUT2D eigenvalue weighted by Crippen LogP contribution is 2.20. The Morgan fingerprint density at radius 2 is 1.55 bits per heavy atom. The molecule has 5 heteroatoms. The maximum absolute atomic E-state index is 13.4. The van der Waals surface area contributed by atoms with Crippen molar-refractivity contribution in [1.82, 2.24) is 10.2 Å². The van der Waals surface area contributed by atoms with Crippen molar-refractivity contribution in [3.05, 3.63) is 101 Å². The van der Waals surface area contributed by atoms with Crippen molar-refractivity contribution in [3.63, 3.8) is 0 Å². The zero-order valence-electron chi connectivity index (χ0n) is 19.8. The van der Waals surface area contributed by atoms with Gasteiger partial charge < -0.3 is 15.0 Å². The molecule has 2 amide bonds. The van der Waals surface area contributed by atoms with Crippen LogP contribution in [-0.4, -0.2) is 36.4 Å². The fraction of sp³-hybridized carbons (Fsp3) is 0.286. The van der Waals surface area contributed by atoms with E-state index in [0.29, 0.717) is 18.7 Å². The molecule has 0 radical (unpaired) electrons. The molecule has 0 fully saturated rings. The molecule has 3 aromatic carbocycles. The summed E-state index contributed by atoms with van der Waals surface area (Å²) in [5.41, 5.74) is 5.20. The first-order chi connectivity index (χ1) is 15.9. The summed E-state index contributed by atoms with van der Waals surface area (Å²) in [5.74, 6) is 0.231. The van der Waals surface area contributed by atoms with E-state index < -0.39 is 6.04 Å². The van der Waals surface area contributed by atoms with Gasteiger partial charge in [0.25, 0.3) is 5.91 Å². The molecule has 0 saturated carbocycles. The van der Waals surface area contributed by atoms with Gasteiger partial charge in [-0.15, -0.1) is 0 Å². The SMILES string of the molecule is CNC(=O)[C@H](Cc1ccccc1)N(Cc1ccc(C)cc1)C(=O)COc1ccc(C)cc1C. The van der Waals surface area contributed by atoms with E-state index in [9.17, 15) is 9.59 Å². The first kappa shape index (κ1) is 24.1. The Bertz CT molecular complexity index is 1080. The minimum atomic E-state index is -0.658. The van der Waals surface area contributed by atoms with Crippen molar-refractivity contribution >= 4 is 11.8 Å². The van der Waals surface area contributed by atoms with Crippen LogP contribution < -0.4 is 10.1 Å². The van der Waals surface area contributed by atoms with Crippen LogP contribution in [-0.2, 0) is 22.6 Å². The summed E-state index contributed by atoms with van der Waals surface area (Å²) in [6.45, 7) is 6.17. The minimum Gasteiger partial charge on any atom is -0.483 e. The van der Waals surface area contributed by atoms with Gasteiger partial charge in [0.2, 0.25) is 5.91 Å². The zero-order valence-corrected chi connectivity index (χ0v) is 19.8. The van der Waals surface area contributed by atoms with E-state index in [1.54, 1.807) is 11.9 Å². The molecule has 0 saturated heterocycles. The van der Waals surface area contributed by atoms with E-state index in [4.69, 9.17) is 4.74 Å². The number of amides is 2. The van der Waals surface area contributed by atoms with Crippen LogP contribution in [0.1, 0.15) is 27.8 Å². The number of nitrogens with zero attached hydrogens (tertiary/aromatic N) is 1. The van der Waals surface area contributed by atoms with E-state index in [-0.39, 0.29) is 18.4 Å². The second-order valence-corrected chi connectivity index (χ2v) is 8.38. The van der Waals surface area contributed by atoms with Crippen molar-refractivity contribution in [2.45, 2.75) is 39.8 Å². The van der Waals surface area contributed by atoms with Gasteiger partial charge in [0.15, 0.2) is 6.61 Å². The molecule has 0 heterocycles. The van der Waals surface area contributed by atoms with Gasteiger partial charge in [-0.25, -0.2) is 0 Å². The number of benzene rings is 3. The van der Waals surface area contributed by atoms with E-state index in [0.717, 1.165) is 27.8 Å². The molecule has 3 rings (SSSR count). The minimum absolute atomic E-state index is 0.141. The third kappa shape index (κ3) is 6.69. The van der Waals surface area contributed by atoms with Crippen LogP contribution in [0.15, 0.2) is 72.8 Å². The van der Waals surface area contributed by atoms with Crippen LogP contribution in [0.5, 0.6) is 5.75 Å². The third-order valence-corrected chi connectivity index (χ3v) is 5.67. The largest absolute Gasteiger partial charge is 0.483 e. The summed E-state index contributed by atoms with van der Waals surface area (Å²) in [6, 6.07) is 22.9. The summed E-state index contributed by atoms with van der Waals surface area (Å²) in [7, 11) is 1.60. The van der Waals surface area contributed by atoms with Gasteiger partial charge in [0.05, 0.1) is 0 Å². The molecule has 1 N–H and O–H groups in total. The fourth-order valence-electron chi connectivity index (χ4n) is 3.79. The number of hydrogen-bond acceptors (Lipinski definition) is 3. The maximum Gasteiger partial charge on any atom is 0.261 e. The molecule has 0 aliphatic carbocycles. The van der Waals surface area contributed by atoms with Gasteiger partial charge in [0.1, 0.15) is 11.8 Å². The number of likely N-dealkylation sites (N-methyl/N-ethyl adjacent to an activating group) is 1. The van der Waals surface area contributed by atoms with Gasteiger partial charge in [0, 0.05) is 20.0 Å². The van der Waals surface area contributed by atoms with Crippen LogP contribution in [0.25, 0.3) is 0 Å². The molecule has 0 aliphatic rings. The van der Waals surface area contributed by atoms with Gasteiger partial charge in [-0.1, -0.05) is 77.9 Å². The average Bonchev–Trinajstić information content (AvgIpc) is 2.82. The number of carbonyl (C=O) groups is 2. The number of carbonyl (C=O) groups excluding carboxylic acids is 2. The monoisotopic (exact) mass is 444 g/mol. The highest BCUT2D eigenvalue weighted by atomic mass is 16.5. The average molecular weight is 445 g/mol. The van der Waals surface area contributed by atoms with Gasteiger partial charge >= 0.3 is 0 Å². The summed E-state index contributed by atoms with van der Waals surface area (Å²) < 4.78 is 5.88. The zero-order chi connectivity index (χ0) is 23.8. The molecule has 0 unspecified atom stereocenters. The summed E-state index contributed by atoms with van der Waals surface area (Å²) in [4.78, 5) is 28.0. The second kappa shape index (κ2) is 11.3. The Kier molecular flexibility index (Phi) is 8.25. The lowest BCUT2D eigenvalue weighted by molar-refractivity contribution is -0.142. The quantitative estimate of drug-likeness (QED) is 0.533. The third-order valence-electron chi connectivity index (χ3n) is 5.67. The Morgan fingerprint density at radius 3 is 2.18 bits per heavy atom. The predicted octanol–water partition coefficient (Wildman–Crippen LogP) is 4.38. The second-order valence-electron chi connectivity index (χ2n) is 8.38. The topological polar surface area (TPSA) is 58.6 Å². The number of aryl methyl sites for hydroxylation is 3. The van der Waals surface area contributed by atoms with E-state index >= 15 is 0 Å². The lowest BCUT2D eigenvalue weighted by Crippen LogP contribution is -2.51. The molecule has 172 valence electrons. The molecule has 3 aromatic rings. The fourth-order valence-corrected chi connectivity index (χ4v) is 3.79. The predicted molar refractivity (Wildman–Crippen MR) is 131 cm³/mol. The van der Waals surface area contributed by atoms with Crippen LogP contribution >= 0.6 is 0 Å². The van der Waals surface area contributed by atoms with Gasteiger partial charge in [-0.05, 0) is 43.5 Å².